The van der Waals surface area contributed by atoms with E-state index in [1.54, 1.807) is 11.9 Å². The van der Waals surface area contributed by atoms with Crippen LogP contribution in [0.2, 0.25) is 0 Å². The molecule has 0 bridgehead atoms. The Balaban J connectivity index is 2.03. The molecule has 1 heterocycles. The molecule has 0 aromatic rings. The van der Waals surface area contributed by atoms with Crippen molar-refractivity contribution in [3.05, 3.63) is 0 Å². The minimum atomic E-state index is -0.930. The van der Waals surface area contributed by atoms with Gasteiger partial charge < -0.3 is 20.0 Å². The van der Waals surface area contributed by atoms with E-state index in [0.717, 1.165) is 25.7 Å². The van der Waals surface area contributed by atoms with Gasteiger partial charge in [0.2, 0.25) is 0 Å². The number of carbonyl (C=O) groups is 2. The number of rotatable bonds is 3. The van der Waals surface area contributed by atoms with Crippen molar-refractivity contribution in [1.82, 2.24) is 9.80 Å². The Labute approximate surface area is 125 Å². The minimum Gasteiger partial charge on any atom is -0.480 e. The van der Waals surface area contributed by atoms with E-state index in [2.05, 4.69) is 0 Å². The highest BCUT2D eigenvalue weighted by Crippen LogP contribution is 2.36. The van der Waals surface area contributed by atoms with Crippen molar-refractivity contribution in [2.75, 3.05) is 20.1 Å². The lowest BCUT2D eigenvalue weighted by molar-refractivity contribution is -0.148. The first kappa shape index (κ1) is 16.1. The topological polar surface area (TPSA) is 81.1 Å². The molecule has 2 N–H and O–H groups in total. The number of aliphatic hydroxyl groups excluding tert-OH is 1. The van der Waals surface area contributed by atoms with Gasteiger partial charge in [-0.2, -0.15) is 0 Å². The van der Waals surface area contributed by atoms with Crippen LogP contribution in [0.1, 0.15) is 39.5 Å². The lowest BCUT2D eigenvalue weighted by atomic mass is 9.76. The van der Waals surface area contributed by atoms with Crippen molar-refractivity contribution in [1.29, 1.82) is 0 Å². The fourth-order valence-electron chi connectivity index (χ4n) is 3.60. The van der Waals surface area contributed by atoms with Crippen molar-refractivity contribution in [2.24, 2.45) is 11.3 Å². The number of piperidine rings is 1. The number of urea groups is 1. The monoisotopic (exact) mass is 298 g/mol. The van der Waals surface area contributed by atoms with Gasteiger partial charge in [-0.1, -0.05) is 13.8 Å². The number of likely N-dealkylation sites (tertiary alicyclic amines) is 1. The van der Waals surface area contributed by atoms with Gasteiger partial charge >= 0.3 is 12.0 Å². The molecule has 2 fully saturated rings. The van der Waals surface area contributed by atoms with Crippen LogP contribution in [0.4, 0.5) is 4.79 Å². The first-order valence-electron chi connectivity index (χ1n) is 7.65. The number of aliphatic carboxylic acids is 1. The van der Waals surface area contributed by atoms with Gasteiger partial charge in [0.15, 0.2) is 0 Å². The largest absolute Gasteiger partial charge is 0.480 e. The Hall–Kier alpha value is -1.30. The molecule has 0 radical (unpaired) electrons. The summed E-state index contributed by atoms with van der Waals surface area (Å²) in [7, 11) is 1.72. The SMILES string of the molecule is CN(CC1CC(O)C1)C(=O)N1CCCC(C)(C)C1C(=O)O. The van der Waals surface area contributed by atoms with Gasteiger partial charge in [-0.05, 0) is 37.0 Å². The van der Waals surface area contributed by atoms with Crippen molar-refractivity contribution in [3.63, 3.8) is 0 Å². The summed E-state index contributed by atoms with van der Waals surface area (Å²) in [5.41, 5.74) is -0.409. The highest BCUT2D eigenvalue weighted by molar-refractivity contribution is 5.83. The van der Waals surface area contributed by atoms with E-state index in [1.807, 2.05) is 13.8 Å². The van der Waals surface area contributed by atoms with E-state index in [4.69, 9.17) is 0 Å². The van der Waals surface area contributed by atoms with Gasteiger partial charge in [-0.15, -0.1) is 0 Å². The highest BCUT2D eigenvalue weighted by Gasteiger charge is 2.45. The number of carbonyl (C=O) groups excluding carboxylic acids is 1. The Kier molecular flexibility index (Phi) is 4.46. The predicted octanol–water partition coefficient (Wildman–Crippen LogP) is 1.38. The van der Waals surface area contributed by atoms with E-state index in [1.165, 1.54) is 4.90 Å². The highest BCUT2D eigenvalue weighted by atomic mass is 16.4. The Bertz CT molecular complexity index is 418. The van der Waals surface area contributed by atoms with E-state index in [9.17, 15) is 19.8 Å². The molecule has 6 nitrogen and oxygen atoms in total. The first-order valence-corrected chi connectivity index (χ1v) is 7.65. The van der Waals surface area contributed by atoms with Crippen molar-refractivity contribution < 1.29 is 19.8 Å². The van der Waals surface area contributed by atoms with Gasteiger partial charge in [-0.25, -0.2) is 9.59 Å². The summed E-state index contributed by atoms with van der Waals surface area (Å²) < 4.78 is 0. The molecule has 0 spiro atoms. The smallest absolute Gasteiger partial charge is 0.327 e. The predicted molar refractivity (Wildman–Crippen MR) is 77.9 cm³/mol. The second-order valence-corrected chi connectivity index (χ2v) is 7.18. The standard InChI is InChI=1S/C15H26N2O4/c1-15(2)5-4-6-17(12(15)13(19)20)14(21)16(3)9-10-7-11(18)8-10/h10-12,18H,4-9H2,1-3H3,(H,19,20). The Morgan fingerprint density at radius 1 is 1.33 bits per heavy atom. The first-order chi connectivity index (χ1) is 9.72. The molecule has 1 aliphatic heterocycles. The number of carboxylic acids is 1. The Morgan fingerprint density at radius 3 is 2.48 bits per heavy atom. The van der Waals surface area contributed by atoms with E-state index in [0.29, 0.717) is 19.0 Å². The summed E-state index contributed by atoms with van der Waals surface area (Å²) in [6.45, 7) is 4.90. The number of carboxylic acid groups (broad SMARTS) is 1. The molecule has 1 aliphatic carbocycles. The summed E-state index contributed by atoms with van der Waals surface area (Å²) in [6, 6.07) is -0.982. The lowest BCUT2D eigenvalue weighted by Gasteiger charge is -2.45. The van der Waals surface area contributed by atoms with Crippen LogP contribution in [-0.2, 0) is 4.79 Å². The van der Waals surface area contributed by atoms with Crippen molar-refractivity contribution >= 4 is 12.0 Å². The number of hydrogen-bond donors (Lipinski definition) is 2. The molecule has 6 heteroatoms. The third kappa shape index (κ3) is 3.31. The van der Waals surface area contributed by atoms with Gasteiger partial charge in [0, 0.05) is 20.1 Å². The summed E-state index contributed by atoms with van der Waals surface area (Å²) in [6.07, 6.45) is 2.86. The zero-order chi connectivity index (χ0) is 15.8. The second-order valence-electron chi connectivity index (χ2n) is 7.18. The average molecular weight is 298 g/mol. The number of amides is 2. The number of nitrogens with zero attached hydrogens (tertiary/aromatic N) is 2. The summed E-state index contributed by atoms with van der Waals surface area (Å²) in [5, 5.41) is 18.8. The normalized spacial score (nSPS) is 31.4. The molecular weight excluding hydrogens is 272 g/mol. The molecular formula is C15H26N2O4. The number of hydrogen-bond acceptors (Lipinski definition) is 3. The van der Waals surface area contributed by atoms with E-state index >= 15 is 0 Å². The molecule has 0 aromatic heterocycles. The molecule has 1 saturated carbocycles. The third-order valence-electron chi connectivity index (χ3n) is 4.82. The van der Waals surface area contributed by atoms with Crippen LogP contribution in [0.25, 0.3) is 0 Å². The van der Waals surface area contributed by atoms with Crippen molar-refractivity contribution in [3.8, 4) is 0 Å². The minimum absolute atomic E-state index is 0.212. The molecule has 120 valence electrons. The average Bonchev–Trinajstić information content (AvgIpc) is 2.33. The fourth-order valence-corrected chi connectivity index (χ4v) is 3.60. The van der Waals surface area contributed by atoms with Crippen LogP contribution in [0.15, 0.2) is 0 Å². The van der Waals surface area contributed by atoms with Crippen molar-refractivity contribution in [2.45, 2.75) is 51.7 Å². The summed E-state index contributed by atoms with van der Waals surface area (Å²) in [4.78, 5) is 27.3. The quantitative estimate of drug-likeness (QED) is 0.825. The van der Waals surface area contributed by atoms with Crippen LogP contribution < -0.4 is 0 Å². The van der Waals surface area contributed by atoms with Gasteiger partial charge in [-0.3, -0.25) is 0 Å². The molecule has 21 heavy (non-hydrogen) atoms. The van der Waals surface area contributed by atoms with Crippen LogP contribution >= 0.6 is 0 Å². The maximum absolute atomic E-state index is 12.6. The van der Waals surface area contributed by atoms with Crippen LogP contribution in [0.5, 0.6) is 0 Å². The second kappa shape index (κ2) is 5.83. The molecule has 1 unspecified atom stereocenters. The molecule has 2 aliphatic rings. The van der Waals surface area contributed by atoms with E-state index in [-0.39, 0.29) is 12.1 Å². The summed E-state index contributed by atoms with van der Waals surface area (Å²) in [5.74, 6) is -0.601. The maximum Gasteiger partial charge on any atom is 0.327 e. The Morgan fingerprint density at radius 2 is 1.95 bits per heavy atom. The fraction of sp³-hybridized carbons (Fsp3) is 0.867. The molecule has 1 atom stereocenters. The van der Waals surface area contributed by atoms with Crippen LogP contribution in [0.3, 0.4) is 0 Å². The zero-order valence-electron chi connectivity index (χ0n) is 13.1. The third-order valence-corrected chi connectivity index (χ3v) is 4.82. The molecule has 2 rings (SSSR count). The van der Waals surface area contributed by atoms with Crippen LogP contribution in [0, 0.1) is 11.3 Å². The van der Waals surface area contributed by atoms with E-state index < -0.39 is 17.4 Å². The number of aliphatic hydroxyl groups is 1. The van der Waals surface area contributed by atoms with Crippen LogP contribution in [-0.4, -0.2) is 64.3 Å². The molecule has 1 saturated heterocycles. The lowest BCUT2D eigenvalue weighted by Crippen LogP contribution is -2.59. The maximum atomic E-state index is 12.6. The molecule has 2 amide bonds. The van der Waals surface area contributed by atoms with Gasteiger partial charge in [0.05, 0.1) is 6.10 Å². The van der Waals surface area contributed by atoms with Gasteiger partial charge in [0.25, 0.3) is 0 Å². The van der Waals surface area contributed by atoms with Gasteiger partial charge in [0.1, 0.15) is 6.04 Å². The summed E-state index contributed by atoms with van der Waals surface area (Å²) >= 11 is 0. The zero-order valence-corrected chi connectivity index (χ0v) is 13.1. The molecule has 0 aromatic carbocycles.